The van der Waals surface area contributed by atoms with Crippen LogP contribution in [0.2, 0.25) is 0 Å². The van der Waals surface area contributed by atoms with Crippen LogP contribution in [0.5, 0.6) is 17.2 Å². The number of nitrogens with one attached hydrogen (secondary N) is 1. The molecule has 23 heavy (non-hydrogen) atoms. The summed E-state index contributed by atoms with van der Waals surface area (Å²) in [4.78, 5) is 14.8. The van der Waals surface area contributed by atoms with E-state index in [1.807, 2.05) is 4.90 Å². The molecule has 2 saturated heterocycles. The Labute approximate surface area is 142 Å². The van der Waals surface area contributed by atoms with Crippen molar-refractivity contribution < 1.29 is 19.0 Å². The monoisotopic (exact) mass is 342 g/mol. The molecule has 0 aliphatic carbocycles. The Morgan fingerprint density at radius 1 is 1.04 bits per heavy atom. The second-order valence-electron chi connectivity index (χ2n) is 5.77. The molecule has 0 spiro atoms. The Hall–Kier alpha value is -1.66. The maximum Gasteiger partial charge on any atom is 0.257 e. The Kier molecular flexibility index (Phi) is 5.59. The van der Waals surface area contributed by atoms with E-state index in [4.69, 9.17) is 14.2 Å². The Bertz CT molecular complexity index is 569. The topological polar surface area (TPSA) is 60.0 Å². The van der Waals surface area contributed by atoms with Gasteiger partial charge in [-0.3, -0.25) is 4.79 Å². The summed E-state index contributed by atoms with van der Waals surface area (Å²) in [5.41, 5.74) is 0.521. The van der Waals surface area contributed by atoms with E-state index >= 15 is 0 Å². The molecule has 7 heteroatoms. The number of carbonyl (C=O) groups is 1. The van der Waals surface area contributed by atoms with Crippen molar-refractivity contribution in [1.82, 2.24) is 10.2 Å². The number of carbonyl (C=O) groups excluding carboxylic acids is 1. The summed E-state index contributed by atoms with van der Waals surface area (Å²) >= 11 is 0. The van der Waals surface area contributed by atoms with Crippen LogP contribution in [0.15, 0.2) is 12.1 Å². The van der Waals surface area contributed by atoms with Gasteiger partial charge in [-0.2, -0.15) is 0 Å². The van der Waals surface area contributed by atoms with E-state index in [1.165, 1.54) is 7.11 Å². The lowest BCUT2D eigenvalue weighted by Crippen LogP contribution is -2.32. The minimum Gasteiger partial charge on any atom is -0.493 e. The summed E-state index contributed by atoms with van der Waals surface area (Å²) in [7, 11) is 4.64. The summed E-state index contributed by atoms with van der Waals surface area (Å²) in [6.45, 7) is 3.59. The first-order chi connectivity index (χ1) is 10.7. The SMILES string of the molecule is COc1ccc(C(=O)N2C[C@H]3CNC[C@H]3C2)c(OC)c1OC.Cl. The molecule has 2 atom stereocenters. The van der Waals surface area contributed by atoms with E-state index in [2.05, 4.69) is 5.32 Å². The van der Waals surface area contributed by atoms with E-state index in [9.17, 15) is 4.79 Å². The highest BCUT2D eigenvalue weighted by atomic mass is 35.5. The summed E-state index contributed by atoms with van der Waals surface area (Å²) in [6.07, 6.45) is 0. The summed E-state index contributed by atoms with van der Waals surface area (Å²) in [5, 5.41) is 3.38. The highest BCUT2D eigenvalue weighted by molar-refractivity contribution is 5.98. The summed E-state index contributed by atoms with van der Waals surface area (Å²) in [6, 6.07) is 3.49. The fourth-order valence-electron chi connectivity index (χ4n) is 3.46. The van der Waals surface area contributed by atoms with E-state index < -0.39 is 0 Å². The summed E-state index contributed by atoms with van der Waals surface area (Å²) < 4.78 is 16.0. The number of hydrogen-bond acceptors (Lipinski definition) is 5. The van der Waals surface area contributed by atoms with Crippen LogP contribution in [0.4, 0.5) is 0 Å². The van der Waals surface area contributed by atoms with Crippen LogP contribution in [0.1, 0.15) is 10.4 Å². The highest BCUT2D eigenvalue weighted by Gasteiger charge is 2.39. The van der Waals surface area contributed by atoms with Gasteiger partial charge in [-0.1, -0.05) is 0 Å². The molecule has 0 saturated carbocycles. The Morgan fingerprint density at radius 3 is 2.17 bits per heavy atom. The van der Waals surface area contributed by atoms with Gasteiger partial charge in [0, 0.05) is 26.2 Å². The number of benzene rings is 1. The molecule has 2 heterocycles. The smallest absolute Gasteiger partial charge is 0.257 e. The van der Waals surface area contributed by atoms with Gasteiger partial charge >= 0.3 is 0 Å². The first-order valence-corrected chi connectivity index (χ1v) is 7.48. The number of fused-ring (bicyclic) bond motifs is 1. The lowest BCUT2D eigenvalue weighted by Gasteiger charge is -2.21. The molecule has 3 rings (SSSR count). The zero-order chi connectivity index (χ0) is 15.7. The number of hydrogen-bond donors (Lipinski definition) is 1. The molecular weight excluding hydrogens is 320 g/mol. The molecule has 128 valence electrons. The molecule has 0 unspecified atom stereocenters. The van der Waals surface area contributed by atoms with Crippen molar-refractivity contribution in [3.8, 4) is 17.2 Å². The third-order valence-electron chi connectivity index (χ3n) is 4.61. The molecule has 2 aliphatic rings. The quantitative estimate of drug-likeness (QED) is 0.897. The fourth-order valence-corrected chi connectivity index (χ4v) is 3.46. The van der Waals surface area contributed by atoms with Crippen LogP contribution in [-0.2, 0) is 0 Å². The van der Waals surface area contributed by atoms with Gasteiger partial charge in [-0.05, 0) is 24.0 Å². The standard InChI is InChI=1S/C16H22N2O4.ClH/c1-20-13-5-4-12(14(21-2)15(13)22-3)16(19)18-8-10-6-17-7-11(10)9-18;/h4-5,10-11,17H,6-9H2,1-3H3;1H/t10-,11+;. The van der Waals surface area contributed by atoms with E-state index in [0.29, 0.717) is 34.6 Å². The molecule has 0 bridgehead atoms. The van der Waals surface area contributed by atoms with Crippen molar-refractivity contribution in [2.75, 3.05) is 47.5 Å². The predicted molar refractivity (Wildman–Crippen MR) is 89.1 cm³/mol. The number of amides is 1. The highest BCUT2D eigenvalue weighted by Crippen LogP contribution is 2.40. The molecular formula is C16H23ClN2O4. The minimum atomic E-state index is -0.00722. The molecule has 1 amide bonds. The van der Waals surface area contributed by atoms with E-state index in [-0.39, 0.29) is 18.3 Å². The van der Waals surface area contributed by atoms with Crippen molar-refractivity contribution in [2.45, 2.75) is 0 Å². The maximum absolute atomic E-state index is 12.9. The third-order valence-corrected chi connectivity index (χ3v) is 4.61. The normalized spacial score (nSPS) is 22.3. The van der Waals surface area contributed by atoms with Gasteiger partial charge in [-0.25, -0.2) is 0 Å². The zero-order valence-corrected chi connectivity index (χ0v) is 14.4. The van der Waals surface area contributed by atoms with Gasteiger partial charge in [0.15, 0.2) is 11.5 Å². The molecule has 1 N–H and O–H groups in total. The van der Waals surface area contributed by atoms with Gasteiger partial charge < -0.3 is 24.4 Å². The van der Waals surface area contributed by atoms with Crippen molar-refractivity contribution in [2.24, 2.45) is 11.8 Å². The Balaban J connectivity index is 0.00000192. The molecule has 1 aromatic carbocycles. The second-order valence-corrected chi connectivity index (χ2v) is 5.77. The molecule has 0 radical (unpaired) electrons. The largest absolute Gasteiger partial charge is 0.493 e. The number of ether oxygens (including phenoxy) is 3. The number of nitrogens with zero attached hydrogens (tertiary/aromatic N) is 1. The van der Waals surface area contributed by atoms with Crippen LogP contribution in [0.3, 0.4) is 0 Å². The van der Waals surface area contributed by atoms with Gasteiger partial charge in [0.25, 0.3) is 5.91 Å². The van der Waals surface area contributed by atoms with Crippen molar-refractivity contribution in [3.05, 3.63) is 17.7 Å². The van der Waals surface area contributed by atoms with Crippen molar-refractivity contribution >= 4 is 18.3 Å². The van der Waals surface area contributed by atoms with Crippen LogP contribution in [0, 0.1) is 11.8 Å². The van der Waals surface area contributed by atoms with E-state index in [0.717, 1.165) is 26.2 Å². The van der Waals surface area contributed by atoms with E-state index in [1.54, 1.807) is 26.4 Å². The number of likely N-dealkylation sites (tertiary alicyclic amines) is 1. The molecule has 2 fully saturated rings. The number of methoxy groups -OCH3 is 3. The maximum atomic E-state index is 12.9. The number of halogens is 1. The summed E-state index contributed by atoms with van der Waals surface area (Å²) in [5.74, 6) is 2.56. The third kappa shape index (κ3) is 3.05. The lowest BCUT2D eigenvalue weighted by atomic mass is 10.0. The van der Waals surface area contributed by atoms with Crippen molar-refractivity contribution in [1.29, 1.82) is 0 Å². The number of rotatable bonds is 4. The van der Waals surface area contributed by atoms with Gasteiger partial charge in [0.1, 0.15) is 0 Å². The van der Waals surface area contributed by atoms with Gasteiger partial charge in [0.05, 0.1) is 26.9 Å². The predicted octanol–water partition coefficient (Wildman–Crippen LogP) is 1.43. The average Bonchev–Trinajstić information content (AvgIpc) is 3.14. The molecule has 2 aliphatic heterocycles. The van der Waals surface area contributed by atoms with Crippen molar-refractivity contribution in [3.63, 3.8) is 0 Å². The van der Waals surface area contributed by atoms with Gasteiger partial charge in [-0.15, -0.1) is 12.4 Å². The molecule has 0 aromatic heterocycles. The van der Waals surface area contributed by atoms with Crippen LogP contribution < -0.4 is 19.5 Å². The van der Waals surface area contributed by atoms with Crippen LogP contribution in [-0.4, -0.2) is 58.3 Å². The Morgan fingerprint density at radius 2 is 1.65 bits per heavy atom. The lowest BCUT2D eigenvalue weighted by molar-refractivity contribution is 0.0777. The van der Waals surface area contributed by atoms with Gasteiger partial charge in [0.2, 0.25) is 5.75 Å². The molecule has 1 aromatic rings. The van der Waals surface area contributed by atoms with Crippen LogP contribution in [0.25, 0.3) is 0 Å². The first-order valence-electron chi connectivity index (χ1n) is 7.48. The molecule has 6 nitrogen and oxygen atoms in total. The fraction of sp³-hybridized carbons (Fsp3) is 0.562. The average molecular weight is 343 g/mol. The minimum absolute atomic E-state index is 0. The first kappa shape index (κ1) is 17.7. The van der Waals surface area contributed by atoms with Crippen LogP contribution >= 0.6 is 12.4 Å². The second kappa shape index (κ2) is 7.27. The zero-order valence-electron chi connectivity index (χ0n) is 13.6.